The summed E-state index contributed by atoms with van der Waals surface area (Å²) in [6.45, 7) is 1.25. The van der Waals surface area contributed by atoms with Crippen LogP contribution in [0.2, 0.25) is 0 Å². The molecule has 0 aliphatic heterocycles. The molecule has 1 atom stereocenters. The first-order valence-corrected chi connectivity index (χ1v) is 10.8. The van der Waals surface area contributed by atoms with Crippen molar-refractivity contribution in [3.8, 4) is 0 Å². The van der Waals surface area contributed by atoms with Gasteiger partial charge in [0.15, 0.2) is 0 Å². The van der Waals surface area contributed by atoms with Gasteiger partial charge < -0.3 is 14.8 Å². The molecule has 1 unspecified atom stereocenters. The molecule has 158 valence electrons. The number of halogens is 1. The molecule has 0 bridgehead atoms. The highest BCUT2D eigenvalue weighted by Crippen LogP contribution is 2.48. The van der Waals surface area contributed by atoms with E-state index >= 15 is 0 Å². The summed E-state index contributed by atoms with van der Waals surface area (Å²) in [4.78, 5) is 12.1. The van der Waals surface area contributed by atoms with Gasteiger partial charge in [-0.2, -0.15) is 0 Å². The summed E-state index contributed by atoms with van der Waals surface area (Å²) >= 11 is 0. The van der Waals surface area contributed by atoms with Gasteiger partial charge in [-0.1, -0.05) is 12.1 Å². The fourth-order valence-corrected chi connectivity index (χ4v) is 5.12. The van der Waals surface area contributed by atoms with Crippen molar-refractivity contribution in [3.63, 3.8) is 0 Å². The number of hydrogen-bond donors (Lipinski definition) is 3. The maximum atomic E-state index is 14.3. The zero-order valence-electron chi connectivity index (χ0n) is 16.4. The molecule has 1 aromatic heterocycles. The van der Waals surface area contributed by atoms with Crippen LogP contribution < -0.4 is 10.3 Å². The van der Waals surface area contributed by atoms with Crippen LogP contribution >= 0.6 is 0 Å². The van der Waals surface area contributed by atoms with Crippen LogP contribution in [0.25, 0.3) is 0 Å². The van der Waals surface area contributed by atoms with E-state index in [2.05, 4.69) is 4.72 Å². The molecule has 3 rings (SSSR count). The number of aliphatic hydroxyl groups excluding tert-OH is 2. The third kappa shape index (κ3) is 4.52. The third-order valence-corrected chi connectivity index (χ3v) is 7.55. The molecule has 1 saturated carbocycles. The minimum absolute atomic E-state index is 0.0479. The van der Waals surface area contributed by atoms with Crippen LogP contribution in [0.3, 0.4) is 0 Å². The van der Waals surface area contributed by atoms with Gasteiger partial charge in [0.25, 0.3) is 5.56 Å². The van der Waals surface area contributed by atoms with Crippen LogP contribution in [0.4, 0.5) is 10.1 Å². The fourth-order valence-electron chi connectivity index (χ4n) is 3.38. The topological polar surface area (TPSA) is 109 Å². The predicted molar refractivity (Wildman–Crippen MR) is 108 cm³/mol. The quantitative estimate of drug-likeness (QED) is 0.594. The SMILES string of the molecule is Cc1ccc(Cc2cc(=O)n(C)cc2NS(=O)(=O)C2(CC(O)CO)CC2)c(F)c1. The van der Waals surface area contributed by atoms with E-state index in [-0.39, 0.29) is 24.1 Å². The predicted octanol–water partition coefficient (Wildman–Crippen LogP) is 1.44. The lowest BCUT2D eigenvalue weighted by atomic mass is 10.0. The summed E-state index contributed by atoms with van der Waals surface area (Å²) in [5.74, 6) is -0.427. The molecule has 29 heavy (non-hydrogen) atoms. The van der Waals surface area contributed by atoms with Gasteiger partial charge >= 0.3 is 0 Å². The Kier molecular flexibility index (Phi) is 5.84. The van der Waals surface area contributed by atoms with Crippen molar-refractivity contribution < 1.29 is 23.0 Å². The van der Waals surface area contributed by atoms with Crippen molar-refractivity contribution >= 4 is 15.7 Å². The standard InChI is InChI=1S/C20H25FN2O5S/c1-13-3-4-14(17(21)7-13)8-15-9-19(26)23(2)11-18(15)22-29(27,28)20(5-6-20)10-16(25)12-24/h3-4,7,9,11,16,22,24-25H,5-6,8,10,12H2,1-2H3. The van der Waals surface area contributed by atoms with Gasteiger partial charge in [-0.15, -0.1) is 0 Å². The third-order valence-electron chi connectivity index (χ3n) is 5.34. The lowest BCUT2D eigenvalue weighted by Gasteiger charge is -2.21. The highest BCUT2D eigenvalue weighted by molar-refractivity contribution is 7.94. The van der Waals surface area contributed by atoms with Crippen LogP contribution in [0.5, 0.6) is 0 Å². The summed E-state index contributed by atoms with van der Waals surface area (Å²) in [6.07, 6.45) is 0.953. The summed E-state index contributed by atoms with van der Waals surface area (Å²) < 4.78 is 42.9. The van der Waals surface area contributed by atoms with Crippen molar-refractivity contribution in [2.75, 3.05) is 11.3 Å². The molecule has 1 aliphatic rings. The first-order valence-electron chi connectivity index (χ1n) is 9.33. The molecule has 3 N–H and O–H groups in total. The lowest BCUT2D eigenvalue weighted by Crippen LogP contribution is -2.35. The first kappa shape index (κ1) is 21.5. The zero-order valence-corrected chi connectivity index (χ0v) is 17.2. The Labute approximate surface area is 168 Å². The number of anilines is 1. The average Bonchev–Trinajstić information content (AvgIpc) is 3.42. The Hall–Kier alpha value is -2.23. The van der Waals surface area contributed by atoms with Crippen molar-refractivity contribution in [2.45, 2.75) is 43.5 Å². The van der Waals surface area contributed by atoms with Crippen molar-refractivity contribution in [1.82, 2.24) is 4.57 Å². The van der Waals surface area contributed by atoms with Crippen molar-refractivity contribution in [3.05, 3.63) is 63.3 Å². The lowest BCUT2D eigenvalue weighted by molar-refractivity contribution is 0.0858. The van der Waals surface area contributed by atoms with Crippen molar-refractivity contribution in [2.24, 2.45) is 7.05 Å². The minimum Gasteiger partial charge on any atom is -0.394 e. The molecular formula is C20H25FN2O5S. The second-order valence-electron chi connectivity index (χ2n) is 7.76. The van der Waals surface area contributed by atoms with Crippen molar-refractivity contribution in [1.29, 1.82) is 0 Å². The van der Waals surface area contributed by atoms with E-state index in [1.807, 2.05) is 0 Å². The molecule has 1 aromatic carbocycles. The smallest absolute Gasteiger partial charge is 0.250 e. The monoisotopic (exact) mass is 424 g/mol. The second kappa shape index (κ2) is 7.89. The Morgan fingerprint density at radius 1 is 1.28 bits per heavy atom. The number of aryl methyl sites for hydroxylation is 2. The normalized spacial score (nSPS) is 16.4. The van der Waals surface area contributed by atoms with Crippen LogP contribution in [0.1, 0.15) is 36.0 Å². The second-order valence-corrected chi connectivity index (χ2v) is 9.84. The molecule has 0 amide bonds. The van der Waals surface area contributed by atoms with Gasteiger partial charge in [-0.3, -0.25) is 9.52 Å². The molecule has 9 heteroatoms. The zero-order chi connectivity index (χ0) is 21.4. The molecule has 0 saturated heterocycles. The Morgan fingerprint density at radius 3 is 2.55 bits per heavy atom. The highest BCUT2D eigenvalue weighted by Gasteiger charge is 2.55. The number of nitrogens with zero attached hydrogens (tertiary/aromatic N) is 1. The van der Waals surface area contributed by atoms with E-state index in [0.29, 0.717) is 24.0 Å². The number of sulfonamides is 1. The number of pyridine rings is 1. The van der Waals surface area contributed by atoms with Gasteiger partial charge in [-0.25, -0.2) is 12.8 Å². The van der Waals surface area contributed by atoms with Gasteiger partial charge in [0, 0.05) is 25.7 Å². The molecule has 0 spiro atoms. The van der Waals surface area contributed by atoms with Crippen LogP contribution in [-0.4, -0.2) is 40.7 Å². The summed E-state index contributed by atoms with van der Waals surface area (Å²) in [6, 6.07) is 6.04. The Bertz CT molecular complexity index is 1080. The first-order chi connectivity index (χ1) is 13.6. The largest absolute Gasteiger partial charge is 0.394 e. The van der Waals surface area contributed by atoms with Crippen LogP contribution in [0.15, 0.2) is 35.3 Å². The van der Waals surface area contributed by atoms with Gasteiger partial charge in [-0.05, 0) is 48.9 Å². The molecule has 0 radical (unpaired) electrons. The van der Waals surface area contributed by atoms with Gasteiger partial charge in [0.2, 0.25) is 10.0 Å². The number of nitrogens with one attached hydrogen (secondary N) is 1. The maximum Gasteiger partial charge on any atom is 0.250 e. The van der Waals surface area contributed by atoms with E-state index < -0.39 is 33.3 Å². The molecule has 1 heterocycles. The molecule has 1 aliphatic carbocycles. The summed E-state index contributed by atoms with van der Waals surface area (Å²) in [7, 11) is -2.40. The van der Waals surface area contributed by atoms with Gasteiger partial charge in [0.1, 0.15) is 5.82 Å². The molecule has 2 aromatic rings. The Morgan fingerprint density at radius 2 is 1.97 bits per heavy atom. The average molecular weight is 424 g/mol. The summed E-state index contributed by atoms with van der Waals surface area (Å²) in [5.41, 5.74) is 1.32. The molecule has 1 fully saturated rings. The van der Waals surface area contributed by atoms with E-state index in [4.69, 9.17) is 5.11 Å². The fraction of sp³-hybridized carbons (Fsp3) is 0.450. The van der Waals surface area contributed by atoms with E-state index in [9.17, 15) is 22.7 Å². The highest BCUT2D eigenvalue weighted by atomic mass is 32.2. The van der Waals surface area contributed by atoms with E-state index in [1.54, 1.807) is 19.1 Å². The number of rotatable bonds is 8. The number of aliphatic hydroxyl groups is 2. The maximum absolute atomic E-state index is 14.3. The van der Waals surface area contributed by atoms with E-state index in [0.717, 1.165) is 5.56 Å². The molecular weight excluding hydrogens is 399 g/mol. The minimum atomic E-state index is -3.90. The Balaban J connectivity index is 1.95. The number of aromatic nitrogens is 1. The number of hydrogen-bond acceptors (Lipinski definition) is 5. The van der Waals surface area contributed by atoms with Crippen LogP contribution in [-0.2, 0) is 23.5 Å². The number of benzene rings is 1. The van der Waals surface area contributed by atoms with E-state index in [1.165, 1.54) is 29.9 Å². The van der Waals surface area contributed by atoms with Crippen LogP contribution in [0, 0.1) is 12.7 Å². The molecule has 7 nitrogen and oxygen atoms in total. The summed E-state index contributed by atoms with van der Waals surface area (Å²) in [5, 5.41) is 18.8. The van der Waals surface area contributed by atoms with Gasteiger partial charge in [0.05, 0.1) is 23.1 Å².